The number of benzene rings is 2. The molecule has 28 heavy (non-hydrogen) atoms. The fourth-order valence-electron chi connectivity index (χ4n) is 3.36. The molecule has 2 aromatic carbocycles. The lowest BCUT2D eigenvalue weighted by atomic mass is 10.2. The average molecular weight is 382 g/mol. The van der Waals surface area contributed by atoms with E-state index in [0.717, 1.165) is 44.8 Å². The number of amides is 1. The van der Waals surface area contributed by atoms with Gasteiger partial charge in [0.05, 0.1) is 6.61 Å². The molecule has 1 amide bonds. The highest BCUT2D eigenvalue weighted by Gasteiger charge is 2.18. The van der Waals surface area contributed by atoms with Crippen LogP contribution >= 0.6 is 0 Å². The maximum Gasteiger partial charge on any atom is 0.248 e. The number of rotatable bonds is 9. The van der Waals surface area contributed by atoms with E-state index >= 15 is 0 Å². The van der Waals surface area contributed by atoms with E-state index in [1.165, 1.54) is 5.56 Å². The first-order valence-electron chi connectivity index (χ1n) is 10.1. The smallest absolute Gasteiger partial charge is 0.248 e. The van der Waals surface area contributed by atoms with Crippen LogP contribution in [0.3, 0.4) is 0 Å². The highest BCUT2D eigenvalue weighted by molar-refractivity contribution is 5.80. The van der Waals surface area contributed by atoms with Gasteiger partial charge in [-0.15, -0.1) is 0 Å². The number of hydrogen-bond donors (Lipinski definition) is 1. The van der Waals surface area contributed by atoms with Gasteiger partial charge in [0, 0.05) is 45.8 Å². The number of carbonyl (C=O) groups excluding carboxylic acids is 1. The van der Waals surface area contributed by atoms with Crippen molar-refractivity contribution in [1.82, 2.24) is 15.1 Å². The minimum absolute atomic E-state index is 0.0429. The maximum atomic E-state index is 12.2. The summed E-state index contributed by atoms with van der Waals surface area (Å²) >= 11 is 0. The monoisotopic (exact) mass is 381 g/mol. The molecule has 5 nitrogen and oxygen atoms in total. The van der Waals surface area contributed by atoms with Gasteiger partial charge in [-0.2, -0.15) is 0 Å². The lowest BCUT2D eigenvalue weighted by Crippen LogP contribution is -2.48. The lowest BCUT2D eigenvalue weighted by Gasteiger charge is -2.34. The Morgan fingerprint density at radius 3 is 2.14 bits per heavy atom. The van der Waals surface area contributed by atoms with E-state index < -0.39 is 6.10 Å². The lowest BCUT2D eigenvalue weighted by molar-refractivity contribution is -0.132. The summed E-state index contributed by atoms with van der Waals surface area (Å²) in [5, 5.41) is 3.00. The molecule has 1 fully saturated rings. The zero-order valence-corrected chi connectivity index (χ0v) is 16.7. The molecule has 1 heterocycles. The summed E-state index contributed by atoms with van der Waals surface area (Å²) in [6, 6.07) is 20.5. The number of nitrogens with one attached hydrogen (secondary N) is 1. The zero-order valence-electron chi connectivity index (χ0n) is 16.7. The molecule has 0 bridgehead atoms. The molecule has 0 aliphatic carbocycles. The Labute approximate surface area is 168 Å². The van der Waals surface area contributed by atoms with Crippen LogP contribution in [-0.2, 0) is 22.7 Å². The Morgan fingerprint density at radius 2 is 1.50 bits per heavy atom. The minimum Gasteiger partial charge on any atom is -0.364 e. The second-order valence-electron chi connectivity index (χ2n) is 7.33. The van der Waals surface area contributed by atoms with Gasteiger partial charge < -0.3 is 10.1 Å². The molecule has 1 aliphatic rings. The average Bonchev–Trinajstić information content (AvgIpc) is 2.74. The Balaban J connectivity index is 1.28. The van der Waals surface area contributed by atoms with Gasteiger partial charge in [0.15, 0.2) is 0 Å². The van der Waals surface area contributed by atoms with Crippen LogP contribution in [0.2, 0.25) is 0 Å². The van der Waals surface area contributed by atoms with Gasteiger partial charge >= 0.3 is 0 Å². The molecule has 0 unspecified atom stereocenters. The molecule has 0 spiro atoms. The second kappa shape index (κ2) is 11.0. The Kier molecular flexibility index (Phi) is 8.03. The second-order valence-corrected chi connectivity index (χ2v) is 7.33. The Bertz CT molecular complexity index is 700. The predicted octanol–water partition coefficient (Wildman–Crippen LogP) is 2.53. The van der Waals surface area contributed by atoms with Gasteiger partial charge in [0.25, 0.3) is 0 Å². The van der Waals surface area contributed by atoms with Gasteiger partial charge in [0.2, 0.25) is 5.91 Å². The molecular formula is C23H31N3O2. The summed E-state index contributed by atoms with van der Waals surface area (Å²) in [6.07, 6.45) is -0.442. The van der Waals surface area contributed by atoms with Crippen LogP contribution in [-0.4, -0.2) is 61.1 Å². The van der Waals surface area contributed by atoms with Crippen molar-refractivity contribution in [3.05, 3.63) is 71.8 Å². The summed E-state index contributed by atoms with van der Waals surface area (Å²) in [5.74, 6) is -0.0429. The molecule has 0 saturated carbocycles. The first-order chi connectivity index (χ1) is 13.7. The zero-order chi connectivity index (χ0) is 19.6. The third kappa shape index (κ3) is 6.75. The Morgan fingerprint density at radius 1 is 0.929 bits per heavy atom. The van der Waals surface area contributed by atoms with Crippen molar-refractivity contribution in [2.45, 2.75) is 26.2 Å². The van der Waals surface area contributed by atoms with Crippen molar-refractivity contribution in [3.63, 3.8) is 0 Å². The molecule has 5 heteroatoms. The number of nitrogens with zero attached hydrogens (tertiary/aromatic N) is 2. The van der Waals surface area contributed by atoms with E-state index in [2.05, 4.69) is 45.4 Å². The van der Waals surface area contributed by atoms with Crippen molar-refractivity contribution in [2.75, 3.05) is 39.3 Å². The third-order valence-electron chi connectivity index (χ3n) is 5.15. The predicted molar refractivity (Wildman–Crippen MR) is 112 cm³/mol. The van der Waals surface area contributed by atoms with Crippen LogP contribution in [0, 0.1) is 0 Å². The fraction of sp³-hybridized carbons (Fsp3) is 0.435. The Hall–Kier alpha value is -2.21. The maximum absolute atomic E-state index is 12.2. The van der Waals surface area contributed by atoms with Gasteiger partial charge in [-0.25, -0.2) is 0 Å². The summed E-state index contributed by atoms with van der Waals surface area (Å²) in [5.41, 5.74) is 2.45. The molecule has 0 aromatic heterocycles. The van der Waals surface area contributed by atoms with Crippen molar-refractivity contribution >= 4 is 5.91 Å². The van der Waals surface area contributed by atoms with Crippen LogP contribution < -0.4 is 5.32 Å². The van der Waals surface area contributed by atoms with Crippen LogP contribution in [0.4, 0.5) is 0 Å². The first-order valence-corrected chi connectivity index (χ1v) is 10.1. The summed E-state index contributed by atoms with van der Waals surface area (Å²) in [4.78, 5) is 17.1. The van der Waals surface area contributed by atoms with Gasteiger partial charge in [-0.05, 0) is 18.1 Å². The molecule has 1 atom stereocenters. The number of piperazine rings is 1. The van der Waals surface area contributed by atoms with E-state index in [1.807, 2.05) is 30.3 Å². The molecule has 150 valence electrons. The molecular weight excluding hydrogens is 350 g/mol. The summed E-state index contributed by atoms with van der Waals surface area (Å²) in [7, 11) is 0. The van der Waals surface area contributed by atoms with E-state index in [0.29, 0.717) is 13.2 Å². The first kappa shape index (κ1) is 20.5. The molecule has 0 radical (unpaired) electrons. The van der Waals surface area contributed by atoms with Gasteiger partial charge in [-0.3, -0.25) is 14.6 Å². The van der Waals surface area contributed by atoms with Crippen molar-refractivity contribution < 1.29 is 9.53 Å². The van der Waals surface area contributed by atoms with E-state index in [4.69, 9.17) is 4.74 Å². The van der Waals surface area contributed by atoms with Gasteiger partial charge in [-0.1, -0.05) is 60.7 Å². The van der Waals surface area contributed by atoms with Crippen molar-refractivity contribution in [2.24, 2.45) is 0 Å². The van der Waals surface area contributed by atoms with E-state index in [1.54, 1.807) is 6.92 Å². The number of hydrogen-bond acceptors (Lipinski definition) is 4. The summed E-state index contributed by atoms with van der Waals surface area (Å²) < 4.78 is 5.67. The third-order valence-corrected chi connectivity index (χ3v) is 5.15. The minimum atomic E-state index is -0.442. The van der Waals surface area contributed by atoms with Crippen LogP contribution in [0.5, 0.6) is 0 Å². The molecule has 1 saturated heterocycles. The number of carbonyl (C=O) groups is 1. The van der Waals surface area contributed by atoms with Crippen molar-refractivity contribution in [1.29, 1.82) is 0 Å². The SMILES string of the molecule is C[C@H](OCc1ccccc1)C(=O)NCCN1CCN(Cc2ccccc2)CC1. The summed E-state index contributed by atoms with van der Waals surface area (Å²) in [6.45, 7) is 9.05. The van der Waals surface area contributed by atoms with E-state index in [-0.39, 0.29) is 5.91 Å². The van der Waals surface area contributed by atoms with Gasteiger partial charge in [0.1, 0.15) is 6.10 Å². The highest BCUT2D eigenvalue weighted by atomic mass is 16.5. The molecule has 3 rings (SSSR count). The highest BCUT2D eigenvalue weighted by Crippen LogP contribution is 2.08. The van der Waals surface area contributed by atoms with Crippen molar-refractivity contribution in [3.8, 4) is 0 Å². The number of ether oxygens (including phenoxy) is 1. The van der Waals surface area contributed by atoms with Crippen LogP contribution in [0.1, 0.15) is 18.1 Å². The standard InChI is InChI=1S/C23H31N3O2/c1-20(28-19-22-10-6-3-7-11-22)23(27)24-12-13-25-14-16-26(17-15-25)18-21-8-4-2-5-9-21/h2-11,20H,12-19H2,1H3,(H,24,27)/t20-/m0/s1. The van der Waals surface area contributed by atoms with E-state index in [9.17, 15) is 4.79 Å². The molecule has 1 N–H and O–H groups in total. The quantitative estimate of drug-likeness (QED) is 0.725. The fourth-order valence-corrected chi connectivity index (χ4v) is 3.36. The molecule has 2 aromatic rings. The largest absolute Gasteiger partial charge is 0.364 e. The van der Waals surface area contributed by atoms with Crippen LogP contribution in [0.25, 0.3) is 0 Å². The molecule has 1 aliphatic heterocycles. The topological polar surface area (TPSA) is 44.8 Å². The van der Waals surface area contributed by atoms with Crippen LogP contribution in [0.15, 0.2) is 60.7 Å². The normalized spacial score (nSPS) is 16.6.